The van der Waals surface area contributed by atoms with E-state index < -0.39 is 0 Å². The van der Waals surface area contributed by atoms with Crippen molar-refractivity contribution in [2.45, 2.75) is 6.54 Å². The van der Waals surface area contributed by atoms with Crippen molar-refractivity contribution in [1.82, 2.24) is 5.32 Å². The molecule has 0 spiro atoms. The smallest absolute Gasteiger partial charge is 0.131 e. The molecule has 0 atom stereocenters. The standard InChI is InChI=1S/C9H12FNO/c1-11-6-7-3-4-8(12-2)5-9(7)10/h3-5,11H,6H2,1-2H3. The van der Waals surface area contributed by atoms with Crippen LogP contribution in [0.3, 0.4) is 0 Å². The Hall–Kier alpha value is -1.09. The number of rotatable bonds is 3. The molecule has 1 rings (SSSR count). The Labute approximate surface area is 71.4 Å². The number of hydrogen-bond donors (Lipinski definition) is 1. The third-order valence-electron chi connectivity index (χ3n) is 1.63. The van der Waals surface area contributed by atoms with Crippen molar-refractivity contribution in [2.75, 3.05) is 14.2 Å². The highest BCUT2D eigenvalue weighted by Crippen LogP contribution is 2.15. The summed E-state index contributed by atoms with van der Waals surface area (Å²) in [6.45, 7) is 0.538. The molecule has 1 N–H and O–H groups in total. The minimum atomic E-state index is -0.233. The van der Waals surface area contributed by atoms with E-state index in [-0.39, 0.29) is 5.82 Å². The summed E-state index contributed by atoms with van der Waals surface area (Å²) in [5.41, 5.74) is 0.651. The zero-order valence-corrected chi connectivity index (χ0v) is 7.23. The molecule has 66 valence electrons. The van der Waals surface area contributed by atoms with E-state index >= 15 is 0 Å². The maximum absolute atomic E-state index is 13.1. The van der Waals surface area contributed by atoms with Gasteiger partial charge in [-0.1, -0.05) is 6.07 Å². The van der Waals surface area contributed by atoms with Crippen LogP contribution in [0.25, 0.3) is 0 Å². The summed E-state index contributed by atoms with van der Waals surface area (Å²) in [5.74, 6) is 0.316. The molecule has 0 aliphatic carbocycles. The molecule has 0 aliphatic rings. The molecule has 0 bridgehead atoms. The summed E-state index contributed by atoms with van der Waals surface area (Å²) in [7, 11) is 3.30. The summed E-state index contributed by atoms with van der Waals surface area (Å²) >= 11 is 0. The Balaban J connectivity index is 2.87. The molecule has 0 aromatic heterocycles. The van der Waals surface area contributed by atoms with Gasteiger partial charge >= 0.3 is 0 Å². The van der Waals surface area contributed by atoms with Crippen LogP contribution in [0.2, 0.25) is 0 Å². The Morgan fingerprint density at radius 1 is 1.50 bits per heavy atom. The van der Waals surface area contributed by atoms with Crippen molar-refractivity contribution in [3.63, 3.8) is 0 Å². The molecule has 1 aromatic rings. The number of benzene rings is 1. The van der Waals surface area contributed by atoms with Crippen LogP contribution in [0.1, 0.15) is 5.56 Å². The van der Waals surface area contributed by atoms with Crippen LogP contribution in [-0.2, 0) is 6.54 Å². The Kier molecular flexibility index (Phi) is 3.05. The zero-order valence-electron chi connectivity index (χ0n) is 7.23. The van der Waals surface area contributed by atoms with E-state index in [0.717, 1.165) is 0 Å². The van der Waals surface area contributed by atoms with Crippen molar-refractivity contribution in [2.24, 2.45) is 0 Å². The third kappa shape index (κ3) is 1.95. The topological polar surface area (TPSA) is 21.3 Å². The SMILES string of the molecule is CNCc1ccc(OC)cc1F. The number of ether oxygens (including phenoxy) is 1. The van der Waals surface area contributed by atoms with E-state index in [4.69, 9.17) is 4.74 Å². The van der Waals surface area contributed by atoms with Gasteiger partial charge in [0, 0.05) is 18.2 Å². The van der Waals surface area contributed by atoms with Crippen molar-refractivity contribution < 1.29 is 9.13 Å². The summed E-state index contributed by atoms with van der Waals surface area (Å²) < 4.78 is 18.0. The first kappa shape index (κ1) is 9.00. The average molecular weight is 169 g/mol. The second kappa shape index (κ2) is 4.07. The number of nitrogens with one attached hydrogen (secondary N) is 1. The van der Waals surface area contributed by atoms with Crippen molar-refractivity contribution in [3.8, 4) is 5.75 Å². The second-order valence-electron chi connectivity index (χ2n) is 2.49. The third-order valence-corrected chi connectivity index (χ3v) is 1.63. The monoisotopic (exact) mass is 169 g/mol. The van der Waals surface area contributed by atoms with Gasteiger partial charge in [0.25, 0.3) is 0 Å². The molecule has 0 aliphatic heterocycles. The maximum atomic E-state index is 13.1. The van der Waals surface area contributed by atoms with Gasteiger partial charge in [0.1, 0.15) is 11.6 Å². The number of halogens is 1. The molecule has 0 radical (unpaired) electrons. The summed E-state index contributed by atoms with van der Waals surface area (Å²) in [5, 5.41) is 2.88. The van der Waals surface area contributed by atoms with E-state index in [1.165, 1.54) is 13.2 Å². The predicted molar refractivity (Wildman–Crippen MR) is 45.7 cm³/mol. The lowest BCUT2D eigenvalue weighted by Gasteiger charge is -2.04. The highest BCUT2D eigenvalue weighted by molar-refractivity contribution is 5.28. The Bertz CT molecular complexity index is 263. The van der Waals surface area contributed by atoms with Gasteiger partial charge in [0.2, 0.25) is 0 Å². The largest absolute Gasteiger partial charge is 0.497 e. The molecule has 1 aromatic carbocycles. The first-order valence-electron chi connectivity index (χ1n) is 3.75. The van der Waals surface area contributed by atoms with E-state index in [0.29, 0.717) is 17.9 Å². The number of hydrogen-bond acceptors (Lipinski definition) is 2. The molecule has 0 saturated heterocycles. The summed E-state index contributed by atoms with van der Waals surface area (Å²) in [6, 6.07) is 4.84. The quantitative estimate of drug-likeness (QED) is 0.741. The normalized spacial score (nSPS) is 9.92. The highest BCUT2D eigenvalue weighted by Gasteiger charge is 2.01. The lowest BCUT2D eigenvalue weighted by atomic mass is 10.2. The van der Waals surface area contributed by atoms with Gasteiger partial charge in [-0.05, 0) is 13.1 Å². The fourth-order valence-corrected chi connectivity index (χ4v) is 0.989. The van der Waals surface area contributed by atoms with E-state index in [9.17, 15) is 4.39 Å². The molecule has 0 amide bonds. The van der Waals surface area contributed by atoms with E-state index in [1.54, 1.807) is 19.2 Å². The molecule has 0 saturated carbocycles. The molecular formula is C9H12FNO. The van der Waals surface area contributed by atoms with E-state index in [2.05, 4.69) is 5.32 Å². The summed E-state index contributed by atoms with van der Waals surface area (Å²) in [4.78, 5) is 0. The lowest BCUT2D eigenvalue weighted by Crippen LogP contribution is -2.06. The fourth-order valence-electron chi connectivity index (χ4n) is 0.989. The average Bonchev–Trinajstić information content (AvgIpc) is 2.09. The van der Waals surface area contributed by atoms with Crippen LogP contribution in [0.4, 0.5) is 4.39 Å². The minimum absolute atomic E-state index is 0.233. The molecule has 0 unspecified atom stereocenters. The van der Waals surface area contributed by atoms with Gasteiger partial charge in [-0.15, -0.1) is 0 Å². The lowest BCUT2D eigenvalue weighted by molar-refractivity contribution is 0.410. The molecule has 2 nitrogen and oxygen atoms in total. The van der Waals surface area contributed by atoms with Gasteiger partial charge < -0.3 is 10.1 Å². The molecule has 0 heterocycles. The van der Waals surface area contributed by atoms with Crippen LogP contribution >= 0.6 is 0 Å². The van der Waals surface area contributed by atoms with E-state index in [1.807, 2.05) is 0 Å². The van der Waals surface area contributed by atoms with Crippen molar-refractivity contribution in [1.29, 1.82) is 0 Å². The van der Waals surface area contributed by atoms with Gasteiger partial charge in [0.05, 0.1) is 7.11 Å². The second-order valence-corrected chi connectivity index (χ2v) is 2.49. The van der Waals surface area contributed by atoms with Crippen molar-refractivity contribution in [3.05, 3.63) is 29.6 Å². The molecule has 3 heteroatoms. The van der Waals surface area contributed by atoms with Gasteiger partial charge in [-0.25, -0.2) is 4.39 Å². The van der Waals surface area contributed by atoms with Crippen LogP contribution in [0, 0.1) is 5.82 Å². The van der Waals surface area contributed by atoms with Crippen LogP contribution in [0.5, 0.6) is 5.75 Å². The van der Waals surface area contributed by atoms with Gasteiger partial charge in [-0.3, -0.25) is 0 Å². The Morgan fingerprint density at radius 3 is 2.75 bits per heavy atom. The van der Waals surface area contributed by atoms with Gasteiger partial charge in [0.15, 0.2) is 0 Å². The maximum Gasteiger partial charge on any atom is 0.131 e. The number of methoxy groups -OCH3 is 1. The highest BCUT2D eigenvalue weighted by atomic mass is 19.1. The Morgan fingerprint density at radius 2 is 2.25 bits per heavy atom. The molecule has 12 heavy (non-hydrogen) atoms. The zero-order chi connectivity index (χ0) is 8.97. The van der Waals surface area contributed by atoms with Crippen LogP contribution in [0.15, 0.2) is 18.2 Å². The predicted octanol–water partition coefficient (Wildman–Crippen LogP) is 1.55. The summed E-state index contributed by atoms with van der Waals surface area (Å²) in [6.07, 6.45) is 0. The van der Waals surface area contributed by atoms with Crippen molar-refractivity contribution >= 4 is 0 Å². The van der Waals surface area contributed by atoms with Gasteiger partial charge in [-0.2, -0.15) is 0 Å². The first-order valence-corrected chi connectivity index (χ1v) is 3.75. The minimum Gasteiger partial charge on any atom is -0.497 e. The fraction of sp³-hybridized carbons (Fsp3) is 0.333. The first-order chi connectivity index (χ1) is 5.77. The molecule has 0 fully saturated rings. The van der Waals surface area contributed by atoms with Crippen LogP contribution in [-0.4, -0.2) is 14.2 Å². The molecular weight excluding hydrogens is 157 g/mol. The van der Waals surface area contributed by atoms with Crippen LogP contribution < -0.4 is 10.1 Å².